The van der Waals surface area contributed by atoms with Crippen LogP contribution in [0.2, 0.25) is 0 Å². The second-order valence-corrected chi connectivity index (χ2v) is 5.73. The Morgan fingerprint density at radius 3 is 2.30 bits per heavy atom. The van der Waals surface area contributed by atoms with Gasteiger partial charge in [0, 0.05) is 10.9 Å². The molecule has 0 aliphatic carbocycles. The summed E-state index contributed by atoms with van der Waals surface area (Å²) in [4.78, 5) is 11.7. The number of thioether (sulfide) groups is 1. The first kappa shape index (κ1) is 15.6. The lowest BCUT2D eigenvalue weighted by Crippen LogP contribution is -2.06. The van der Waals surface area contributed by atoms with Crippen LogP contribution in [0.25, 0.3) is 22.1 Å². The maximum atomic E-state index is 13.5. The van der Waals surface area contributed by atoms with Crippen LogP contribution in [0.5, 0.6) is 0 Å². The van der Waals surface area contributed by atoms with Crippen LogP contribution in [0.4, 0.5) is 17.6 Å². The van der Waals surface area contributed by atoms with Crippen molar-refractivity contribution < 1.29 is 22.0 Å². The summed E-state index contributed by atoms with van der Waals surface area (Å²) < 4.78 is 57.3. The molecule has 1 heterocycles. The molecule has 0 aliphatic heterocycles. The van der Waals surface area contributed by atoms with Crippen molar-refractivity contribution in [3.8, 4) is 11.3 Å². The van der Waals surface area contributed by atoms with Gasteiger partial charge in [-0.05, 0) is 30.0 Å². The van der Waals surface area contributed by atoms with Crippen molar-refractivity contribution in [3.63, 3.8) is 0 Å². The van der Waals surface area contributed by atoms with Crippen molar-refractivity contribution in [3.05, 3.63) is 64.8 Å². The van der Waals surface area contributed by atoms with E-state index in [0.29, 0.717) is 5.56 Å². The van der Waals surface area contributed by atoms with Gasteiger partial charge in [-0.3, -0.25) is 0 Å². The van der Waals surface area contributed by atoms with Crippen molar-refractivity contribution in [2.45, 2.75) is 10.4 Å². The van der Waals surface area contributed by atoms with E-state index in [1.165, 1.54) is 12.1 Å². The largest absolute Gasteiger partial charge is 0.446 e. The average molecular weight is 340 g/mol. The van der Waals surface area contributed by atoms with Gasteiger partial charge in [0.25, 0.3) is 0 Å². The van der Waals surface area contributed by atoms with Crippen LogP contribution in [0.15, 0.2) is 62.6 Å². The van der Waals surface area contributed by atoms with Crippen molar-refractivity contribution >= 4 is 22.5 Å². The molecule has 3 aromatic rings. The monoisotopic (exact) mass is 340 g/mol. The molecule has 0 amide bonds. The topological polar surface area (TPSA) is 30.2 Å². The van der Waals surface area contributed by atoms with E-state index in [9.17, 15) is 22.4 Å². The van der Waals surface area contributed by atoms with Crippen LogP contribution in [-0.2, 0) is 0 Å². The van der Waals surface area contributed by atoms with Gasteiger partial charge in [-0.1, -0.05) is 30.3 Å². The Kier molecular flexibility index (Phi) is 3.89. The number of benzene rings is 2. The van der Waals surface area contributed by atoms with Gasteiger partial charge in [0.2, 0.25) is 0 Å². The Morgan fingerprint density at radius 1 is 0.957 bits per heavy atom. The maximum absolute atomic E-state index is 13.5. The number of rotatable bonds is 2. The minimum Gasteiger partial charge on any atom is -0.421 e. The van der Waals surface area contributed by atoms with Crippen LogP contribution < -0.4 is 5.63 Å². The van der Waals surface area contributed by atoms with Crippen molar-refractivity contribution in [2.75, 3.05) is 0 Å². The van der Waals surface area contributed by atoms with Gasteiger partial charge >= 0.3 is 11.1 Å². The van der Waals surface area contributed by atoms with E-state index < -0.39 is 28.7 Å². The molecule has 0 radical (unpaired) electrons. The summed E-state index contributed by atoms with van der Waals surface area (Å²) in [6, 6.07) is 11.0. The molecule has 2 aromatic carbocycles. The fraction of sp³-hybridized carbons (Fsp3) is 0.0625. The van der Waals surface area contributed by atoms with E-state index in [1.54, 1.807) is 18.2 Å². The summed E-state index contributed by atoms with van der Waals surface area (Å²) in [5.41, 5.74) is -5.12. The molecule has 0 fully saturated rings. The van der Waals surface area contributed by atoms with Gasteiger partial charge < -0.3 is 4.42 Å². The van der Waals surface area contributed by atoms with Crippen LogP contribution in [0.3, 0.4) is 0 Å². The van der Waals surface area contributed by atoms with E-state index in [-0.39, 0.29) is 21.4 Å². The summed E-state index contributed by atoms with van der Waals surface area (Å²) >= 11 is -0.430. The molecule has 7 heteroatoms. The minimum atomic E-state index is -4.61. The standard InChI is InChI=1S/C16H8F4O2S/c17-10-6-7-11-12(8-10)14(23-16(18,19)20)13(22-15(11)21)9-4-2-1-3-5-9/h1-8H. The SMILES string of the molecule is O=c1oc(-c2ccccc2)c(SC(F)(F)F)c2cc(F)ccc12. The fourth-order valence-corrected chi connectivity index (χ4v) is 2.96. The number of halogens is 4. The van der Waals surface area contributed by atoms with Crippen LogP contribution in [0.1, 0.15) is 0 Å². The highest BCUT2D eigenvalue weighted by Gasteiger charge is 2.33. The predicted octanol–water partition coefficient (Wildman–Crippen LogP) is 5.21. The van der Waals surface area contributed by atoms with Gasteiger partial charge in [0.1, 0.15) is 5.82 Å². The third-order valence-electron chi connectivity index (χ3n) is 3.10. The number of fused-ring (bicyclic) bond motifs is 1. The second kappa shape index (κ2) is 5.73. The zero-order valence-electron chi connectivity index (χ0n) is 11.4. The summed E-state index contributed by atoms with van der Waals surface area (Å²) in [5.74, 6) is -0.956. The summed E-state index contributed by atoms with van der Waals surface area (Å²) in [6.07, 6.45) is 0. The van der Waals surface area contributed by atoms with E-state index in [1.807, 2.05) is 0 Å². The Bertz CT molecular complexity index is 917. The molecular formula is C16H8F4O2S. The van der Waals surface area contributed by atoms with Crippen LogP contribution in [0, 0.1) is 5.82 Å². The van der Waals surface area contributed by atoms with Gasteiger partial charge in [-0.25, -0.2) is 9.18 Å². The normalized spacial score (nSPS) is 11.8. The lowest BCUT2D eigenvalue weighted by molar-refractivity contribution is -0.0328. The maximum Gasteiger partial charge on any atom is 0.446 e. The van der Waals surface area contributed by atoms with Crippen LogP contribution in [-0.4, -0.2) is 5.51 Å². The Morgan fingerprint density at radius 2 is 1.65 bits per heavy atom. The van der Waals surface area contributed by atoms with Gasteiger partial charge in [0.15, 0.2) is 5.76 Å². The Labute approximate surface area is 131 Å². The quantitative estimate of drug-likeness (QED) is 0.474. The third-order valence-corrected chi connectivity index (χ3v) is 3.94. The zero-order chi connectivity index (χ0) is 16.6. The first-order valence-corrected chi connectivity index (χ1v) is 7.24. The lowest BCUT2D eigenvalue weighted by Gasteiger charge is -2.12. The summed E-state index contributed by atoms with van der Waals surface area (Å²) in [6.45, 7) is 0. The Hall–Kier alpha value is -2.28. The zero-order valence-corrected chi connectivity index (χ0v) is 12.2. The molecule has 0 aliphatic rings. The number of alkyl halides is 3. The highest BCUT2D eigenvalue weighted by Crippen LogP contribution is 2.44. The van der Waals surface area contributed by atoms with Crippen molar-refractivity contribution in [1.29, 1.82) is 0 Å². The molecule has 3 rings (SSSR count). The van der Waals surface area contributed by atoms with Crippen molar-refractivity contribution in [1.82, 2.24) is 0 Å². The summed E-state index contributed by atoms with van der Waals surface area (Å²) in [5, 5.41) is -0.222. The molecule has 0 saturated heterocycles. The summed E-state index contributed by atoms with van der Waals surface area (Å²) in [7, 11) is 0. The van der Waals surface area contributed by atoms with Crippen molar-refractivity contribution in [2.24, 2.45) is 0 Å². The molecule has 1 aromatic heterocycles. The molecule has 0 saturated carbocycles. The number of hydrogen-bond acceptors (Lipinski definition) is 3. The molecule has 0 spiro atoms. The molecule has 0 unspecified atom stereocenters. The fourth-order valence-electron chi connectivity index (χ4n) is 2.20. The highest BCUT2D eigenvalue weighted by atomic mass is 32.2. The lowest BCUT2D eigenvalue weighted by atomic mass is 10.1. The molecule has 118 valence electrons. The molecule has 0 atom stereocenters. The molecule has 0 bridgehead atoms. The first-order valence-electron chi connectivity index (χ1n) is 6.43. The number of hydrogen-bond donors (Lipinski definition) is 0. The smallest absolute Gasteiger partial charge is 0.421 e. The first-order chi connectivity index (χ1) is 10.8. The molecule has 23 heavy (non-hydrogen) atoms. The van der Waals surface area contributed by atoms with E-state index in [0.717, 1.165) is 18.2 Å². The second-order valence-electron chi connectivity index (χ2n) is 4.65. The van der Waals surface area contributed by atoms with Gasteiger partial charge in [-0.15, -0.1) is 0 Å². The molecular weight excluding hydrogens is 332 g/mol. The minimum absolute atomic E-state index is 0.0992. The van der Waals surface area contributed by atoms with E-state index in [4.69, 9.17) is 4.42 Å². The predicted molar refractivity (Wildman–Crippen MR) is 79.8 cm³/mol. The van der Waals surface area contributed by atoms with Gasteiger partial charge in [-0.2, -0.15) is 13.2 Å². The third kappa shape index (κ3) is 3.24. The van der Waals surface area contributed by atoms with E-state index >= 15 is 0 Å². The Balaban J connectivity index is 2.39. The van der Waals surface area contributed by atoms with Crippen LogP contribution >= 0.6 is 11.8 Å². The molecule has 2 nitrogen and oxygen atoms in total. The van der Waals surface area contributed by atoms with Gasteiger partial charge in [0.05, 0.1) is 10.3 Å². The highest BCUT2D eigenvalue weighted by molar-refractivity contribution is 8.00. The van der Waals surface area contributed by atoms with E-state index in [2.05, 4.69) is 0 Å². The molecule has 0 N–H and O–H groups in total. The average Bonchev–Trinajstić information content (AvgIpc) is 2.49.